The molecule has 138 valence electrons. The van der Waals surface area contributed by atoms with Gasteiger partial charge in [0.1, 0.15) is 11.3 Å². The molecular formula is C21H18BrNO4. The van der Waals surface area contributed by atoms with E-state index in [2.05, 4.69) is 15.9 Å². The Hall–Kier alpha value is -2.86. The Labute approximate surface area is 166 Å². The number of Topliss-reactive ketones (excluding diaryl/α,β-unsaturated/α-hetero) is 1. The van der Waals surface area contributed by atoms with Gasteiger partial charge in [0.25, 0.3) is 0 Å². The molecule has 5 nitrogen and oxygen atoms in total. The van der Waals surface area contributed by atoms with Crippen molar-refractivity contribution in [2.24, 2.45) is 0 Å². The number of hydrogen-bond acceptors (Lipinski definition) is 5. The summed E-state index contributed by atoms with van der Waals surface area (Å²) in [6.45, 7) is 1.74. The van der Waals surface area contributed by atoms with Gasteiger partial charge in [-0.2, -0.15) is 0 Å². The number of esters is 1. The molecule has 0 spiro atoms. The average molecular weight is 428 g/mol. The molecule has 0 fully saturated rings. The summed E-state index contributed by atoms with van der Waals surface area (Å²) in [7, 11) is 2.87. The summed E-state index contributed by atoms with van der Waals surface area (Å²) in [4.78, 5) is 26.9. The Morgan fingerprint density at radius 2 is 1.67 bits per heavy atom. The summed E-state index contributed by atoms with van der Waals surface area (Å²) in [5, 5.41) is 0. The smallest absolute Gasteiger partial charge is 0.343 e. The van der Waals surface area contributed by atoms with Crippen molar-refractivity contribution in [2.45, 2.75) is 6.92 Å². The number of hydrogen-bond donors (Lipinski definition) is 0. The van der Waals surface area contributed by atoms with Crippen molar-refractivity contribution in [3.05, 3.63) is 75.5 Å². The zero-order valence-corrected chi connectivity index (χ0v) is 16.7. The lowest BCUT2D eigenvalue weighted by Gasteiger charge is -2.21. The number of carbonyl (C=O) groups excluding carboxylic acids is 2. The van der Waals surface area contributed by atoms with Gasteiger partial charge in [0, 0.05) is 15.9 Å². The largest absolute Gasteiger partial charge is 0.497 e. The van der Waals surface area contributed by atoms with Gasteiger partial charge >= 0.3 is 5.97 Å². The van der Waals surface area contributed by atoms with Crippen molar-refractivity contribution in [3.63, 3.8) is 0 Å². The molecule has 1 heterocycles. The van der Waals surface area contributed by atoms with Gasteiger partial charge in [-0.1, -0.05) is 28.1 Å². The number of ether oxygens (including phenoxy) is 2. The number of anilines is 1. The van der Waals surface area contributed by atoms with Crippen molar-refractivity contribution in [3.8, 4) is 5.75 Å². The molecule has 1 aliphatic heterocycles. The quantitative estimate of drug-likeness (QED) is 0.412. The Kier molecular flexibility index (Phi) is 5.46. The first-order chi connectivity index (χ1) is 13.0. The molecule has 0 saturated carbocycles. The molecule has 1 aliphatic rings. The van der Waals surface area contributed by atoms with Gasteiger partial charge < -0.3 is 14.4 Å². The maximum Gasteiger partial charge on any atom is 0.343 e. The molecule has 0 aliphatic carbocycles. The summed E-state index contributed by atoms with van der Waals surface area (Å²) >= 11 is 3.41. The SMILES string of the molecule is COC(=O)C1=C(C)N(c2ccc(Br)cc2)/C(=C\c2ccc(OC)cc2)C1=O. The molecule has 0 radical (unpaired) electrons. The van der Waals surface area contributed by atoms with Gasteiger partial charge in [0.05, 0.1) is 19.9 Å². The Morgan fingerprint density at radius 1 is 1.04 bits per heavy atom. The number of carbonyl (C=O) groups is 2. The molecule has 0 amide bonds. The van der Waals surface area contributed by atoms with E-state index in [0.717, 1.165) is 21.5 Å². The second-order valence-electron chi connectivity index (χ2n) is 5.90. The summed E-state index contributed by atoms with van der Waals surface area (Å²) in [6, 6.07) is 14.9. The number of halogens is 1. The number of allylic oxidation sites excluding steroid dienone is 2. The van der Waals surface area contributed by atoms with Crippen LogP contribution in [-0.2, 0) is 14.3 Å². The Morgan fingerprint density at radius 3 is 2.22 bits per heavy atom. The fourth-order valence-electron chi connectivity index (χ4n) is 2.94. The summed E-state index contributed by atoms with van der Waals surface area (Å²) in [5.41, 5.74) is 2.57. The third-order valence-electron chi connectivity index (χ3n) is 4.29. The second kappa shape index (κ2) is 7.80. The van der Waals surface area contributed by atoms with Crippen LogP contribution in [0.25, 0.3) is 6.08 Å². The molecule has 0 bridgehead atoms. The van der Waals surface area contributed by atoms with Crippen molar-refractivity contribution in [2.75, 3.05) is 19.1 Å². The highest BCUT2D eigenvalue weighted by atomic mass is 79.9. The average Bonchev–Trinajstić information content (AvgIpc) is 2.92. The van der Waals surface area contributed by atoms with Crippen LogP contribution in [-0.4, -0.2) is 26.0 Å². The molecule has 3 rings (SSSR count). The third-order valence-corrected chi connectivity index (χ3v) is 4.82. The number of benzene rings is 2. The van der Waals surface area contributed by atoms with E-state index in [9.17, 15) is 9.59 Å². The first kappa shape index (κ1) is 18.9. The standard InChI is InChI=1S/C21H18BrNO4/c1-13-19(21(25)27-3)20(24)18(12-14-4-10-17(26-2)11-5-14)23(13)16-8-6-15(22)7-9-16/h4-12H,1-3H3/b18-12-. The minimum Gasteiger partial charge on any atom is -0.497 e. The zero-order valence-electron chi connectivity index (χ0n) is 15.2. The van der Waals surface area contributed by atoms with E-state index in [1.54, 1.807) is 25.0 Å². The maximum atomic E-state index is 13.0. The first-order valence-electron chi connectivity index (χ1n) is 8.21. The highest BCUT2D eigenvalue weighted by Crippen LogP contribution is 2.36. The van der Waals surface area contributed by atoms with Crippen molar-refractivity contribution in [1.82, 2.24) is 0 Å². The highest BCUT2D eigenvalue weighted by Gasteiger charge is 2.38. The third kappa shape index (κ3) is 3.66. The maximum absolute atomic E-state index is 13.0. The minimum atomic E-state index is -0.641. The van der Waals surface area contributed by atoms with Crippen LogP contribution in [0.15, 0.2) is 70.0 Å². The molecule has 2 aromatic carbocycles. The molecule has 6 heteroatoms. The predicted molar refractivity (Wildman–Crippen MR) is 107 cm³/mol. The van der Waals surface area contributed by atoms with E-state index in [1.165, 1.54) is 7.11 Å². The van der Waals surface area contributed by atoms with Crippen LogP contribution in [0, 0.1) is 0 Å². The van der Waals surface area contributed by atoms with Crippen LogP contribution >= 0.6 is 15.9 Å². The monoisotopic (exact) mass is 427 g/mol. The van der Waals surface area contributed by atoms with Gasteiger partial charge in [-0.3, -0.25) is 4.79 Å². The lowest BCUT2D eigenvalue weighted by atomic mass is 10.1. The lowest BCUT2D eigenvalue weighted by Crippen LogP contribution is -2.18. The number of ketones is 1. The number of methoxy groups -OCH3 is 2. The van der Waals surface area contributed by atoms with E-state index < -0.39 is 5.97 Å². The molecule has 0 N–H and O–H groups in total. The second-order valence-corrected chi connectivity index (χ2v) is 6.81. The van der Waals surface area contributed by atoms with E-state index in [4.69, 9.17) is 9.47 Å². The summed E-state index contributed by atoms with van der Waals surface area (Å²) in [5.74, 6) is -0.278. The number of nitrogens with zero attached hydrogens (tertiary/aromatic N) is 1. The van der Waals surface area contributed by atoms with Gasteiger partial charge in [0.2, 0.25) is 5.78 Å². The fraction of sp³-hybridized carbons (Fsp3) is 0.143. The van der Waals surface area contributed by atoms with Crippen LogP contribution in [0.5, 0.6) is 5.75 Å². The van der Waals surface area contributed by atoms with Crippen LogP contribution < -0.4 is 9.64 Å². The Balaban J connectivity index is 2.11. The van der Waals surface area contributed by atoms with Crippen LogP contribution in [0.2, 0.25) is 0 Å². The molecule has 0 aromatic heterocycles. The molecule has 0 unspecified atom stereocenters. The van der Waals surface area contributed by atoms with Crippen molar-refractivity contribution >= 4 is 39.4 Å². The van der Waals surface area contributed by atoms with Crippen LogP contribution in [0.1, 0.15) is 12.5 Å². The van der Waals surface area contributed by atoms with E-state index in [1.807, 2.05) is 48.5 Å². The minimum absolute atomic E-state index is 0.0418. The first-order valence-corrected chi connectivity index (χ1v) is 9.01. The van der Waals surface area contributed by atoms with Crippen molar-refractivity contribution in [1.29, 1.82) is 0 Å². The van der Waals surface area contributed by atoms with E-state index in [-0.39, 0.29) is 11.4 Å². The lowest BCUT2D eigenvalue weighted by molar-refractivity contribution is -0.137. The molecule has 0 saturated heterocycles. The van der Waals surface area contributed by atoms with E-state index >= 15 is 0 Å². The number of rotatable bonds is 4. The van der Waals surface area contributed by atoms with E-state index in [0.29, 0.717) is 11.4 Å². The zero-order chi connectivity index (χ0) is 19.6. The molecule has 2 aromatic rings. The molecule has 27 heavy (non-hydrogen) atoms. The van der Waals surface area contributed by atoms with Crippen molar-refractivity contribution < 1.29 is 19.1 Å². The van der Waals surface area contributed by atoms with Crippen LogP contribution in [0.3, 0.4) is 0 Å². The topological polar surface area (TPSA) is 55.8 Å². The van der Waals surface area contributed by atoms with Gasteiger partial charge in [-0.05, 0) is 55.0 Å². The summed E-state index contributed by atoms with van der Waals surface area (Å²) < 4.78 is 10.9. The van der Waals surface area contributed by atoms with Gasteiger partial charge in [-0.25, -0.2) is 4.79 Å². The predicted octanol–water partition coefficient (Wildman–Crippen LogP) is 4.33. The fourth-order valence-corrected chi connectivity index (χ4v) is 3.20. The molecular weight excluding hydrogens is 410 g/mol. The summed E-state index contributed by atoms with van der Waals surface area (Å²) in [6.07, 6.45) is 1.75. The van der Waals surface area contributed by atoms with Gasteiger partial charge in [-0.15, -0.1) is 0 Å². The normalized spacial score (nSPS) is 15.5. The Bertz CT molecular complexity index is 943. The highest BCUT2D eigenvalue weighted by molar-refractivity contribution is 9.10. The molecule has 0 atom stereocenters. The van der Waals surface area contributed by atoms with Crippen LogP contribution in [0.4, 0.5) is 5.69 Å². The van der Waals surface area contributed by atoms with Gasteiger partial charge in [0.15, 0.2) is 0 Å².